The molecule has 7 unspecified atom stereocenters. The van der Waals surface area contributed by atoms with Crippen LogP contribution in [0.1, 0.15) is 264 Å². The molecule has 1 heterocycles. The van der Waals surface area contributed by atoms with Crippen LogP contribution in [0, 0.1) is 0 Å². The molecule has 9 nitrogen and oxygen atoms in total. The second kappa shape index (κ2) is 53.8. The van der Waals surface area contributed by atoms with Crippen LogP contribution in [0.15, 0.2) is 85.1 Å². The predicted molar refractivity (Wildman–Crippen MR) is 313 cm³/mol. The second-order valence-electron chi connectivity index (χ2n) is 21.1. The zero-order chi connectivity index (χ0) is 53.6. The number of rotatable bonds is 52. The number of amides is 1. The molecular weight excluding hydrogens is 923 g/mol. The van der Waals surface area contributed by atoms with Gasteiger partial charge in [0.15, 0.2) is 6.29 Å². The van der Waals surface area contributed by atoms with E-state index >= 15 is 0 Å². The highest BCUT2D eigenvalue weighted by Gasteiger charge is 2.44. The molecule has 1 aliphatic heterocycles. The standard InChI is InChI=1S/C65H115NO8/c1-3-5-7-9-11-13-15-17-19-21-23-25-27-28-29-30-31-32-33-35-37-39-41-43-45-47-49-51-53-55-61(69)66-58(57-73-65-64(72)63(71)62(70)60(56-67)74-65)59(68)54-52-50-48-46-44-42-40-38-36-34-26-24-22-20-18-16-14-12-10-8-6-4-2/h5,7,11,13,17,19,23,25,36,38,44,46,52,54,58-60,62-65,67-68,70-72H,3-4,6,8-10,12,14-16,18,20-22,24,26-35,37,39-43,45,47-51,53,55-57H2,1-2H3,(H,66,69)/b7-5-,13-11-,19-17-,25-23-,38-36+,46-44+,54-52+. The van der Waals surface area contributed by atoms with Crippen LogP contribution in [0.25, 0.3) is 0 Å². The van der Waals surface area contributed by atoms with E-state index in [0.717, 1.165) is 70.6 Å². The predicted octanol–water partition coefficient (Wildman–Crippen LogP) is 15.8. The van der Waals surface area contributed by atoms with E-state index in [1.807, 2.05) is 6.08 Å². The molecule has 1 fully saturated rings. The second-order valence-corrected chi connectivity index (χ2v) is 21.1. The Morgan fingerprint density at radius 1 is 0.473 bits per heavy atom. The van der Waals surface area contributed by atoms with Gasteiger partial charge in [-0.05, 0) is 83.5 Å². The van der Waals surface area contributed by atoms with Gasteiger partial charge in [-0.25, -0.2) is 0 Å². The smallest absolute Gasteiger partial charge is 0.220 e. The molecule has 428 valence electrons. The molecule has 1 rings (SSSR count). The van der Waals surface area contributed by atoms with Crippen molar-refractivity contribution >= 4 is 5.91 Å². The van der Waals surface area contributed by atoms with E-state index < -0.39 is 49.5 Å². The van der Waals surface area contributed by atoms with Gasteiger partial charge < -0.3 is 40.3 Å². The molecule has 0 spiro atoms. The quantitative estimate of drug-likeness (QED) is 0.0261. The number of unbranched alkanes of at least 4 members (excludes halogenated alkanes) is 30. The molecule has 6 N–H and O–H groups in total. The summed E-state index contributed by atoms with van der Waals surface area (Å²) in [6, 6.07) is -0.833. The van der Waals surface area contributed by atoms with Gasteiger partial charge in [-0.15, -0.1) is 0 Å². The maximum atomic E-state index is 13.1. The van der Waals surface area contributed by atoms with Crippen LogP contribution in [-0.2, 0) is 14.3 Å². The highest BCUT2D eigenvalue weighted by Crippen LogP contribution is 2.23. The van der Waals surface area contributed by atoms with Crippen molar-refractivity contribution in [2.45, 2.75) is 307 Å². The Labute approximate surface area is 454 Å². The topological polar surface area (TPSA) is 149 Å². The Morgan fingerprint density at radius 2 is 0.851 bits per heavy atom. The number of nitrogens with one attached hydrogen (secondary N) is 1. The highest BCUT2D eigenvalue weighted by molar-refractivity contribution is 5.76. The molecule has 0 aromatic carbocycles. The Hall–Kier alpha value is -2.63. The van der Waals surface area contributed by atoms with E-state index in [-0.39, 0.29) is 12.5 Å². The fourth-order valence-corrected chi connectivity index (χ4v) is 9.36. The van der Waals surface area contributed by atoms with Crippen molar-refractivity contribution in [1.29, 1.82) is 0 Å². The molecule has 1 amide bonds. The van der Waals surface area contributed by atoms with Crippen molar-refractivity contribution in [3.63, 3.8) is 0 Å². The first kappa shape index (κ1) is 69.4. The Bertz CT molecular complexity index is 1440. The maximum Gasteiger partial charge on any atom is 0.220 e. The van der Waals surface area contributed by atoms with E-state index in [4.69, 9.17) is 9.47 Å². The normalized spacial score (nSPS) is 19.6. The summed E-state index contributed by atoms with van der Waals surface area (Å²) in [6.07, 6.45) is 69.4. The molecule has 0 saturated carbocycles. The molecular formula is C65H115NO8. The number of carbonyl (C=O) groups excluding carboxylic acids is 1. The lowest BCUT2D eigenvalue weighted by Gasteiger charge is -2.40. The van der Waals surface area contributed by atoms with Gasteiger partial charge in [0.05, 0.1) is 25.4 Å². The number of allylic oxidation sites excluding steroid dienone is 13. The van der Waals surface area contributed by atoms with Crippen molar-refractivity contribution in [2.24, 2.45) is 0 Å². The van der Waals surface area contributed by atoms with Crippen LogP contribution < -0.4 is 5.32 Å². The molecule has 0 aromatic heterocycles. The summed E-state index contributed by atoms with van der Waals surface area (Å²) in [5, 5.41) is 54.6. The van der Waals surface area contributed by atoms with Gasteiger partial charge in [-0.1, -0.05) is 259 Å². The molecule has 0 radical (unpaired) electrons. The fourth-order valence-electron chi connectivity index (χ4n) is 9.36. The van der Waals surface area contributed by atoms with E-state index in [9.17, 15) is 30.3 Å². The van der Waals surface area contributed by atoms with Gasteiger partial charge in [0.1, 0.15) is 24.4 Å². The van der Waals surface area contributed by atoms with Crippen molar-refractivity contribution < 1.29 is 39.8 Å². The summed E-state index contributed by atoms with van der Waals surface area (Å²) in [6.45, 7) is 3.66. The van der Waals surface area contributed by atoms with Crippen molar-refractivity contribution in [1.82, 2.24) is 5.32 Å². The maximum absolute atomic E-state index is 13.1. The van der Waals surface area contributed by atoms with Crippen molar-refractivity contribution in [2.75, 3.05) is 13.2 Å². The summed E-state index contributed by atoms with van der Waals surface area (Å²) < 4.78 is 11.3. The lowest BCUT2D eigenvalue weighted by molar-refractivity contribution is -0.302. The molecule has 0 aliphatic carbocycles. The first-order valence-corrected chi connectivity index (χ1v) is 30.8. The number of ether oxygens (including phenoxy) is 2. The molecule has 1 aliphatic rings. The summed E-state index contributed by atoms with van der Waals surface area (Å²) >= 11 is 0. The van der Waals surface area contributed by atoms with Crippen LogP contribution in [0.2, 0.25) is 0 Å². The molecule has 0 bridgehead atoms. The lowest BCUT2D eigenvalue weighted by Crippen LogP contribution is -2.60. The number of aliphatic hydroxyl groups excluding tert-OH is 5. The first-order chi connectivity index (χ1) is 36.3. The van der Waals surface area contributed by atoms with Gasteiger partial charge in [-0.2, -0.15) is 0 Å². The van der Waals surface area contributed by atoms with Crippen LogP contribution in [0.3, 0.4) is 0 Å². The van der Waals surface area contributed by atoms with Crippen LogP contribution in [-0.4, -0.2) is 87.5 Å². The third-order valence-electron chi connectivity index (χ3n) is 14.2. The average molecular weight is 1040 g/mol. The third-order valence-corrected chi connectivity index (χ3v) is 14.2. The number of hydrogen-bond donors (Lipinski definition) is 6. The largest absolute Gasteiger partial charge is 0.394 e. The minimum Gasteiger partial charge on any atom is -0.394 e. The highest BCUT2D eigenvalue weighted by atomic mass is 16.7. The summed E-state index contributed by atoms with van der Waals surface area (Å²) in [5.41, 5.74) is 0. The number of carbonyl (C=O) groups is 1. The molecule has 1 saturated heterocycles. The fraction of sp³-hybridized carbons (Fsp3) is 0.769. The summed E-state index contributed by atoms with van der Waals surface area (Å²) in [7, 11) is 0. The lowest BCUT2D eigenvalue weighted by atomic mass is 9.99. The average Bonchev–Trinajstić information content (AvgIpc) is 3.40. The Kier molecular flexibility index (Phi) is 50.4. The minimum absolute atomic E-state index is 0.191. The summed E-state index contributed by atoms with van der Waals surface area (Å²) in [4.78, 5) is 13.1. The van der Waals surface area contributed by atoms with Gasteiger partial charge in [0.2, 0.25) is 5.91 Å². The van der Waals surface area contributed by atoms with Gasteiger partial charge >= 0.3 is 0 Å². The molecule has 0 aromatic rings. The Balaban J connectivity index is 2.21. The van der Waals surface area contributed by atoms with Crippen LogP contribution in [0.4, 0.5) is 0 Å². The van der Waals surface area contributed by atoms with E-state index in [1.165, 1.54) is 173 Å². The minimum atomic E-state index is -1.58. The van der Waals surface area contributed by atoms with E-state index in [0.29, 0.717) is 6.42 Å². The number of aliphatic hydroxyl groups is 5. The summed E-state index contributed by atoms with van der Waals surface area (Å²) in [5.74, 6) is -0.191. The van der Waals surface area contributed by atoms with Gasteiger partial charge in [-0.3, -0.25) is 4.79 Å². The zero-order valence-electron chi connectivity index (χ0n) is 47.6. The SMILES string of the molecule is CC/C=C\C/C=C\C/C=C\C/C=C\CCCCCCCCCCCCCCCCCCC(=O)NC(COC1OC(CO)C(O)C(O)C1O)C(O)/C=C/CC/C=C/CC/C=C/CCCCCCCCCCCCCC. The molecule has 74 heavy (non-hydrogen) atoms. The van der Waals surface area contributed by atoms with Gasteiger partial charge in [0, 0.05) is 6.42 Å². The van der Waals surface area contributed by atoms with Crippen LogP contribution >= 0.6 is 0 Å². The van der Waals surface area contributed by atoms with Gasteiger partial charge in [0.25, 0.3) is 0 Å². The third kappa shape index (κ3) is 42.5. The molecule has 7 atom stereocenters. The zero-order valence-corrected chi connectivity index (χ0v) is 47.6. The number of hydrogen-bond acceptors (Lipinski definition) is 8. The Morgan fingerprint density at radius 3 is 1.30 bits per heavy atom. The molecule has 9 heteroatoms. The van der Waals surface area contributed by atoms with E-state index in [2.05, 4.69) is 92.1 Å². The first-order valence-electron chi connectivity index (χ1n) is 30.8. The van der Waals surface area contributed by atoms with Crippen molar-refractivity contribution in [3.8, 4) is 0 Å². The van der Waals surface area contributed by atoms with Crippen molar-refractivity contribution in [3.05, 3.63) is 85.1 Å². The van der Waals surface area contributed by atoms with Crippen LogP contribution in [0.5, 0.6) is 0 Å². The monoisotopic (exact) mass is 1040 g/mol. The van der Waals surface area contributed by atoms with E-state index in [1.54, 1.807) is 6.08 Å².